The van der Waals surface area contributed by atoms with Crippen molar-refractivity contribution in [3.05, 3.63) is 59.0 Å². The van der Waals surface area contributed by atoms with Crippen molar-refractivity contribution in [2.75, 3.05) is 26.1 Å². The molecule has 7 heteroatoms. The molecular formula is C22H25N3O3S. The highest BCUT2D eigenvalue weighted by atomic mass is 32.1. The Bertz CT molecular complexity index is 987. The number of ether oxygens (including phenoxy) is 2. The Kier molecular flexibility index (Phi) is 6.85. The molecule has 6 nitrogen and oxygen atoms in total. The second kappa shape index (κ2) is 9.54. The molecule has 0 aliphatic rings. The second-order valence-corrected chi connectivity index (χ2v) is 7.47. The summed E-state index contributed by atoms with van der Waals surface area (Å²) in [6, 6.07) is 13.8. The summed E-state index contributed by atoms with van der Waals surface area (Å²) in [4.78, 5) is 16.9. The number of thiazole rings is 1. The SMILES string of the molecule is COc1ccc(-c2csc(NC(=O)CNC(C)c3ccccc3C)n2)c(OC)c1. The van der Waals surface area contributed by atoms with E-state index in [2.05, 4.69) is 34.7 Å². The molecule has 2 aromatic carbocycles. The van der Waals surface area contributed by atoms with E-state index >= 15 is 0 Å². The summed E-state index contributed by atoms with van der Waals surface area (Å²) in [5.74, 6) is 1.25. The van der Waals surface area contributed by atoms with Crippen molar-refractivity contribution in [3.63, 3.8) is 0 Å². The lowest BCUT2D eigenvalue weighted by atomic mass is 10.0. The van der Waals surface area contributed by atoms with Crippen molar-refractivity contribution in [1.29, 1.82) is 0 Å². The van der Waals surface area contributed by atoms with Gasteiger partial charge in [0.25, 0.3) is 0 Å². The average molecular weight is 412 g/mol. The minimum absolute atomic E-state index is 0.0809. The number of rotatable bonds is 8. The third-order valence-corrected chi connectivity index (χ3v) is 5.42. The normalized spacial score (nSPS) is 11.7. The van der Waals surface area contributed by atoms with Crippen LogP contribution in [0, 0.1) is 6.92 Å². The largest absolute Gasteiger partial charge is 0.497 e. The number of carbonyl (C=O) groups excluding carboxylic acids is 1. The van der Waals surface area contributed by atoms with Crippen molar-refractivity contribution in [2.24, 2.45) is 0 Å². The molecule has 0 fully saturated rings. The predicted molar refractivity (Wildman–Crippen MR) is 117 cm³/mol. The van der Waals surface area contributed by atoms with E-state index in [4.69, 9.17) is 9.47 Å². The van der Waals surface area contributed by atoms with Gasteiger partial charge in [0.2, 0.25) is 5.91 Å². The maximum absolute atomic E-state index is 12.3. The number of benzene rings is 2. The molecule has 2 N–H and O–H groups in total. The van der Waals surface area contributed by atoms with E-state index in [1.807, 2.05) is 42.6 Å². The Morgan fingerprint density at radius 1 is 1.17 bits per heavy atom. The number of amides is 1. The van der Waals surface area contributed by atoms with Gasteiger partial charge in [-0.05, 0) is 37.1 Å². The maximum atomic E-state index is 12.3. The van der Waals surface area contributed by atoms with Crippen LogP contribution in [0.5, 0.6) is 11.5 Å². The van der Waals surface area contributed by atoms with E-state index in [1.165, 1.54) is 22.5 Å². The summed E-state index contributed by atoms with van der Waals surface area (Å²) in [7, 11) is 3.22. The first-order valence-corrected chi connectivity index (χ1v) is 10.2. The minimum atomic E-state index is -0.131. The van der Waals surface area contributed by atoms with Gasteiger partial charge < -0.3 is 20.1 Å². The topological polar surface area (TPSA) is 72.5 Å². The first-order chi connectivity index (χ1) is 14.0. The van der Waals surface area contributed by atoms with E-state index in [9.17, 15) is 4.79 Å². The molecule has 152 valence electrons. The van der Waals surface area contributed by atoms with Gasteiger partial charge in [-0.15, -0.1) is 11.3 Å². The number of anilines is 1. The molecule has 3 aromatic rings. The number of methoxy groups -OCH3 is 2. The molecule has 0 aliphatic heterocycles. The van der Waals surface area contributed by atoms with Gasteiger partial charge in [0, 0.05) is 23.1 Å². The molecular weight excluding hydrogens is 386 g/mol. The van der Waals surface area contributed by atoms with E-state index in [1.54, 1.807) is 14.2 Å². The van der Waals surface area contributed by atoms with E-state index in [0.29, 0.717) is 16.6 Å². The molecule has 3 rings (SSSR count). The van der Waals surface area contributed by atoms with Gasteiger partial charge in [-0.2, -0.15) is 0 Å². The molecule has 1 aromatic heterocycles. The fourth-order valence-electron chi connectivity index (χ4n) is 3.06. The first kappa shape index (κ1) is 20.8. The molecule has 1 unspecified atom stereocenters. The highest BCUT2D eigenvalue weighted by molar-refractivity contribution is 7.14. The van der Waals surface area contributed by atoms with Gasteiger partial charge in [-0.3, -0.25) is 4.79 Å². The van der Waals surface area contributed by atoms with Crippen molar-refractivity contribution in [2.45, 2.75) is 19.9 Å². The van der Waals surface area contributed by atoms with Crippen LogP contribution in [-0.4, -0.2) is 31.7 Å². The van der Waals surface area contributed by atoms with E-state index in [0.717, 1.165) is 11.3 Å². The van der Waals surface area contributed by atoms with Gasteiger partial charge in [0.05, 0.1) is 26.5 Å². The summed E-state index contributed by atoms with van der Waals surface area (Å²) < 4.78 is 10.7. The molecule has 0 aliphatic carbocycles. The molecule has 1 heterocycles. The minimum Gasteiger partial charge on any atom is -0.497 e. The molecule has 0 saturated carbocycles. The Balaban J connectivity index is 1.61. The summed E-state index contributed by atoms with van der Waals surface area (Å²) in [5, 5.41) is 8.56. The summed E-state index contributed by atoms with van der Waals surface area (Å²) in [5.41, 5.74) is 3.97. The van der Waals surface area contributed by atoms with Crippen LogP contribution in [-0.2, 0) is 4.79 Å². The van der Waals surface area contributed by atoms with Crippen molar-refractivity contribution >= 4 is 22.4 Å². The fourth-order valence-corrected chi connectivity index (χ4v) is 3.78. The molecule has 0 bridgehead atoms. The third kappa shape index (κ3) is 5.13. The van der Waals surface area contributed by atoms with Crippen molar-refractivity contribution in [3.8, 4) is 22.8 Å². The van der Waals surface area contributed by atoms with Gasteiger partial charge in [-0.1, -0.05) is 24.3 Å². The van der Waals surface area contributed by atoms with Crippen LogP contribution in [0.25, 0.3) is 11.3 Å². The lowest BCUT2D eigenvalue weighted by Crippen LogP contribution is -2.30. The number of hydrogen-bond acceptors (Lipinski definition) is 6. The van der Waals surface area contributed by atoms with E-state index < -0.39 is 0 Å². The number of nitrogens with zero attached hydrogens (tertiary/aromatic N) is 1. The highest BCUT2D eigenvalue weighted by Crippen LogP contribution is 2.34. The summed E-state index contributed by atoms with van der Waals surface area (Å²) >= 11 is 1.38. The Morgan fingerprint density at radius 2 is 1.97 bits per heavy atom. The Labute approximate surface area is 174 Å². The van der Waals surface area contributed by atoms with Gasteiger partial charge in [0.1, 0.15) is 11.5 Å². The summed E-state index contributed by atoms with van der Waals surface area (Å²) in [6.07, 6.45) is 0. The zero-order chi connectivity index (χ0) is 20.8. The molecule has 0 spiro atoms. The van der Waals surface area contributed by atoms with Crippen LogP contribution in [0.1, 0.15) is 24.1 Å². The first-order valence-electron chi connectivity index (χ1n) is 9.28. The maximum Gasteiger partial charge on any atom is 0.240 e. The number of hydrogen-bond donors (Lipinski definition) is 2. The van der Waals surface area contributed by atoms with Crippen LogP contribution in [0.2, 0.25) is 0 Å². The van der Waals surface area contributed by atoms with Crippen LogP contribution >= 0.6 is 11.3 Å². The van der Waals surface area contributed by atoms with Gasteiger partial charge in [0.15, 0.2) is 5.13 Å². The van der Waals surface area contributed by atoms with Gasteiger partial charge in [-0.25, -0.2) is 4.98 Å². The third-order valence-electron chi connectivity index (χ3n) is 4.66. The number of aryl methyl sites for hydroxylation is 1. The molecule has 1 amide bonds. The summed E-state index contributed by atoms with van der Waals surface area (Å²) in [6.45, 7) is 4.32. The fraction of sp³-hybridized carbons (Fsp3) is 0.273. The monoisotopic (exact) mass is 411 g/mol. The smallest absolute Gasteiger partial charge is 0.240 e. The highest BCUT2D eigenvalue weighted by Gasteiger charge is 2.14. The number of aromatic nitrogens is 1. The molecule has 1 atom stereocenters. The van der Waals surface area contributed by atoms with Crippen molar-refractivity contribution in [1.82, 2.24) is 10.3 Å². The number of nitrogens with one attached hydrogen (secondary N) is 2. The molecule has 0 saturated heterocycles. The predicted octanol–water partition coefficient (Wildman–Crippen LogP) is 4.43. The zero-order valence-electron chi connectivity index (χ0n) is 17.0. The molecule has 29 heavy (non-hydrogen) atoms. The zero-order valence-corrected chi connectivity index (χ0v) is 17.8. The van der Waals surface area contributed by atoms with Crippen LogP contribution in [0.15, 0.2) is 47.8 Å². The quantitative estimate of drug-likeness (QED) is 0.574. The Morgan fingerprint density at radius 3 is 2.69 bits per heavy atom. The van der Waals surface area contributed by atoms with E-state index in [-0.39, 0.29) is 18.5 Å². The lowest BCUT2D eigenvalue weighted by molar-refractivity contribution is -0.115. The van der Waals surface area contributed by atoms with Crippen LogP contribution < -0.4 is 20.1 Å². The van der Waals surface area contributed by atoms with Crippen LogP contribution in [0.4, 0.5) is 5.13 Å². The average Bonchev–Trinajstić information content (AvgIpc) is 3.19. The lowest BCUT2D eigenvalue weighted by Gasteiger charge is -2.16. The van der Waals surface area contributed by atoms with Crippen LogP contribution in [0.3, 0.4) is 0 Å². The van der Waals surface area contributed by atoms with Gasteiger partial charge >= 0.3 is 0 Å². The number of carbonyl (C=O) groups is 1. The Hall–Kier alpha value is -2.90. The standard InChI is InChI=1S/C22H25N3O3S/c1-14-7-5-6-8-17(14)15(2)23-12-21(26)25-22-24-19(13-29-22)18-10-9-16(27-3)11-20(18)28-4/h5-11,13,15,23H,12H2,1-4H3,(H,24,25,26). The molecule has 0 radical (unpaired) electrons. The van der Waals surface area contributed by atoms with Crippen molar-refractivity contribution < 1.29 is 14.3 Å². The second-order valence-electron chi connectivity index (χ2n) is 6.61.